The second-order valence-corrected chi connectivity index (χ2v) is 8.37. The number of anilines is 1. The van der Waals surface area contributed by atoms with Crippen molar-refractivity contribution in [3.05, 3.63) is 97.4 Å². The molecule has 0 aromatic heterocycles. The Hall–Kier alpha value is -2.52. The third-order valence-electron chi connectivity index (χ3n) is 4.68. The number of nitrogens with one attached hydrogen (secondary N) is 1. The number of rotatable bonds is 10. The van der Waals surface area contributed by atoms with Crippen molar-refractivity contribution in [2.24, 2.45) is 4.99 Å². The Morgan fingerprint density at radius 3 is 2.62 bits per heavy atom. The molecule has 1 aliphatic carbocycles. The maximum atomic E-state index is 4.75. The Labute approximate surface area is 180 Å². The van der Waals surface area contributed by atoms with E-state index in [1.165, 1.54) is 0 Å². The van der Waals surface area contributed by atoms with E-state index in [-0.39, 0.29) is 5.25 Å². The molecule has 0 fully saturated rings. The summed E-state index contributed by atoms with van der Waals surface area (Å²) in [6.45, 7) is 20.8. The van der Waals surface area contributed by atoms with Gasteiger partial charge in [-0.2, -0.15) is 0 Å². The number of thioether (sulfide) groups is 1. The Morgan fingerprint density at radius 1 is 1.24 bits per heavy atom. The first-order valence-electron chi connectivity index (χ1n) is 10.1. The molecule has 0 bridgehead atoms. The Morgan fingerprint density at radius 2 is 2.00 bits per heavy atom. The first-order chi connectivity index (χ1) is 13.9. The van der Waals surface area contributed by atoms with Gasteiger partial charge in [-0.05, 0) is 50.0 Å². The molecule has 1 aliphatic rings. The van der Waals surface area contributed by atoms with Crippen molar-refractivity contribution < 1.29 is 0 Å². The lowest BCUT2D eigenvalue weighted by atomic mass is 10.0. The van der Waals surface area contributed by atoms with Crippen molar-refractivity contribution in [2.75, 3.05) is 5.32 Å². The van der Waals surface area contributed by atoms with Gasteiger partial charge in [0.2, 0.25) is 0 Å². The van der Waals surface area contributed by atoms with Gasteiger partial charge >= 0.3 is 0 Å². The third kappa shape index (κ3) is 7.10. The van der Waals surface area contributed by atoms with Gasteiger partial charge in [-0.1, -0.05) is 80.9 Å². The lowest BCUT2D eigenvalue weighted by Gasteiger charge is -2.20. The molecule has 0 aliphatic heterocycles. The van der Waals surface area contributed by atoms with Crippen LogP contribution in [0.2, 0.25) is 0 Å². The molecule has 1 N–H and O–H groups in total. The first kappa shape index (κ1) is 22.8. The molecule has 1 aromatic rings. The second kappa shape index (κ2) is 11.5. The standard InChI is InChI=1S/C26H32N2S/c1-7-20(5)23-16-12-13-17-24(23)27-21(6)18-25(19(3)4)29-26(8-2)28-22-14-10-9-11-15-22/h8,10,12-17,25,27H,2-3,5-7,9,11,18H2,1,4H3/b28-26+. The fourth-order valence-electron chi connectivity index (χ4n) is 2.95. The van der Waals surface area contributed by atoms with E-state index in [9.17, 15) is 0 Å². The molecule has 0 saturated carbocycles. The summed E-state index contributed by atoms with van der Waals surface area (Å²) in [6.07, 6.45) is 12.0. The molecule has 0 saturated heterocycles. The third-order valence-corrected chi connectivity index (χ3v) is 6.03. The average molecular weight is 405 g/mol. The van der Waals surface area contributed by atoms with Crippen LogP contribution >= 0.6 is 11.8 Å². The van der Waals surface area contributed by atoms with Crippen molar-refractivity contribution in [1.29, 1.82) is 0 Å². The van der Waals surface area contributed by atoms with Crippen LogP contribution in [0.4, 0.5) is 5.69 Å². The highest BCUT2D eigenvalue weighted by molar-refractivity contribution is 8.15. The van der Waals surface area contributed by atoms with Gasteiger partial charge in [0.05, 0.1) is 10.7 Å². The van der Waals surface area contributed by atoms with Gasteiger partial charge < -0.3 is 5.32 Å². The highest BCUT2D eigenvalue weighted by Gasteiger charge is 2.16. The largest absolute Gasteiger partial charge is 0.359 e. The highest BCUT2D eigenvalue weighted by atomic mass is 32.2. The van der Waals surface area contributed by atoms with Crippen LogP contribution in [0.15, 0.2) is 96.8 Å². The number of nitrogens with zero attached hydrogens (tertiary/aromatic N) is 1. The molecule has 1 atom stereocenters. The number of benzene rings is 1. The topological polar surface area (TPSA) is 24.4 Å². The molecular formula is C26H32N2S. The average Bonchev–Trinajstić information content (AvgIpc) is 2.73. The van der Waals surface area contributed by atoms with Crippen LogP contribution in [-0.2, 0) is 0 Å². The second-order valence-electron chi connectivity index (χ2n) is 7.15. The first-order valence-corrected chi connectivity index (χ1v) is 10.9. The maximum Gasteiger partial charge on any atom is 0.0967 e. The molecular weight excluding hydrogens is 372 g/mol. The smallest absolute Gasteiger partial charge is 0.0967 e. The normalized spacial score (nSPS) is 14.7. The molecule has 2 nitrogen and oxygen atoms in total. The summed E-state index contributed by atoms with van der Waals surface area (Å²) in [6, 6.07) is 8.24. The summed E-state index contributed by atoms with van der Waals surface area (Å²) in [4.78, 5) is 4.75. The number of aliphatic imine (C=N–C) groups is 1. The maximum absolute atomic E-state index is 4.75. The predicted octanol–water partition coefficient (Wildman–Crippen LogP) is 7.92. The SMILES string of the molecule is C=C/C(=N\C1=CCCC=C1)SC(CC(=C)Nc1ccccc1C(=C)CC)C(=C)C. The van der Waals surface area contributed by atoms with Crippen molar-refractivity contribution >= 4 is 28.1 Å². The zero-order valence-electron chi connectivity index (χ0n) is 17.7. The highest BCUT2D eigenvalue weighted by Crippen LogP contribution is 2.30. The van der Waals surface area contributed by atoms with Crippen molar-refractivity contribution in [2.45, 2.75) is 44.8 Å². The summed E-state index contributed by atoms with van der Waals surface area (Å²) in [5, 5.41) is 4.56. The molecule has 2 rings (SSSR count). The van der Waals surface area contributed by atoms with E-state index in [1.807, 2.05) is 18.2 Å². The molecule has 152 valence electrons. The Balaban J connectivity index is 2.09. The Kier molecular flexibility index (Phi) is 9.01. The van der Waals surface area contributed by atoms with Gasteiger partial charge in [-0.25, -0.2) is 4.99 Å². The lowest BCUT2D eigenvalue weighted by Crippen LogP contribution is -2.12. The van der Waals surface area contributed by atoms with E-state index in [0.29, 0.717) is 0 Å². The monoisotopic (exact) mass is 404 g/mol. The molecule has 0 amide bonds. The summed E-state index contributed by atoms with van der Waals surface area (Å²) < 4.78 is 0. The summed E-state index contributed by atoms with van der Waals surface area (Å²) in [5.41, 5.74) is 6.34. The van der Waals surface area contributed by atoms with Gasteiger partial charge in [-0.15, -0.1) is 0 Å². The van der Waals surface area contributed by atoms with Gasteiger partial charge in [0.25, 0.3) is 0 Å². The van der Waals surface area contributed by atoms with E-state index in [1.54, 1.807) is 11.8 Å². The fraction of sp³-hybridized carbons (Fsp3) is 0.269. The number of allylic oxidation sites excluding steroid dienone is 5. The zero-order valence-corrected chi connectivity index (χ0v) is 18.5. The summed E-state index contributed by atoms with van der Waals surface area (Å²) in [7, 11) is 0. The molecule has 3 heteroatoms. The summed E-state index contributed by atoms with van der Waals surface area (Å²) in [5.74, 6) is 0. The van der Waals surface area contributed by atoms with Crippen LogP contribution in [-0.4, -0.2) is 10.3 Å². The minimum atomic E-state index is 0.168. The van der Waals surface area contributed by atoms with Crippen molar-refractivity contribution in [1.82, 2.24) is 0 Å². The van der Waals surface area contributed by atoms with Crippen LogP contribution in [0.5, 0.6) is 0 Å². The molecule has 0 radical (unpaired) electrons. The predicted molar refractivity (Wildman–Crippen MR) is 133 cm³/mol. The summed E-state index contributed by atoms with van der Waals surface area (Å²) >= 11 is 1.68. The van der Waals surface area contributed by atoms with Crippen LogP contribution in [0.1, 0.15) is 45.1 Å². The number of para-hydroxylation sites is 1. The number of hydrogen-bond donors (Lipinski definition) is 1. The van der Waals surface area contributed by atoms with Crippen LogP contribution in [0.25, 0.3) is 5.57 Å². The van der Waals surface area contributed by atoms with E-state index < -0.39 is 0 Å². The quantitative estimate of drug-likeness (QED) is 0.243. The van der Waals surface area contributed by atoms with Crippen LogP contribution in [0.3, 0.4) is 0 Å². The minimum Gasteiger partial charge on any atom is -0.359 e. The van der Waals surface area contributed by atoms with Crippen molar-refractivity contribution in [3.63, 3.8) is 0 Å². The van der Waals surface area contributed by atoms with Gasteiger partial charge in [0.1, 0.15) is 0 Å². The molecule has 0 heterocycles. The van der Waals surface area contributed by atoms with Crippen LogP contribution < -0.4 is 5.32 Å². The van der Waals surface area contributed by atoms with Crippen LogP contribution in [0, 0.1) is 0 Å². The lowest BCUT2D eigenvalue weighted by molar-refractivity contribution is 0.959. The molecule has 1 aromatic carbocycles. The minimum absolute atomic E-state index is 0.168. The van der Waals surface area contributed by atoms with E-state index in [2.05, 4.69) is 75.8 Å². The van der Waals surface area contributed by atoms with E-state index >= 15 is 0 Å². The van der Waals surface area contributed by atoms with Gasteiger partial charge in [-0.3, -0.25) is 0 Å². The van der Waals surface area contributed by atoms with Gasteiger partial charge in [0, 0.05) is 28.6 Å². The number of hydrogen-bond acceptors (Lipinski definition) is 3. The van der Waals surface area contributed by atoms with Crippen molar-refractivity contribution in [3.8, 4) is 0 Å². The molecule has 29 heavy (non-hydrogen) atoms. The molecule has 0 spiro atoms. The van der Waals surface area contributed by atoms with E-state index in [0.717, 1.165) is 64.5 Å². The fourth-order valence-corrected chi connectivity index (χ4v) is 3.98. The van der Waals surface area contributed by atoms with Gasteiger partial charge in [0.15, 0.2) is 0 Å². The zero-order chi connectivity index (χ0) is 21.2. The Bertz CT molecular complexity index is 870. The van der Waals surface area contributed by atoms with E-state index in [4.69, 9.17) is 4.99 Å². The molecule has 1 unspecified atom stereocenters.